The van der Waals surface area contributed by atoms with E-state index < -0.39 is 0 Å². The highest BCUT2D eigenvalue weighted by molar-refractivity contribution is 5.50. The molecule has 2 nitrogen and oxygen atoms in total. The Labute approximate surface area is 115 Å². The van der Waals surface area contributed by atoms with Crippen molar-refractivity contribution in [1.29, 1.82) is 0 Å². The molecule has 1 saturated carbocycles. The molecule has 106 valence electrons. The van der Waals surface area contributed by atoms with Gasteiger partial charge in [-0.05, 0) is 43.4 Å². The highest BCUT2D eigenvalue weighted by Crippen LogP contribution is 2.45. The van der Waals surface area contributed by atoms with Crippen LogP contribution >= 0.6 is 0 Å². The van der Waals surface area contributed by atoms with E-state index in [1.807, 2.05) is 0 Å². The zero-order valence-corrected chi connectivity index (χ0v) is 12.2. The number of benzene rings is 1. The summed E-state index contributed by atoms with van der Waals surface area (Å²) in [4.78, 5) is 0. The normalized spacial score (nSPS) is 17.7. The molecule has 0 bridgehead atoms. The Kier molecular flexibility index (Phi) is 4.14. The summed E-state index contributed by atoms with van der Waals surface area (Å²) in [6.07, 6.45) is 5.32. The molecule has 0 unspecified atom stereocenters. The summed E-state index contributed by atoms with van der Waals surface area (Å²) < 4.78 is 19.6. The monoisotopic (exact) mass is 265 g/mol. The third-order valence-electron chi connectivity index (χ3n) is 4.65. The first-order chi connectivity index (χ1) is 9.09. The van der Waals surface area contributed by atoms with Crippen LogP contribution in [-0.2, 0) is 11.8 Å². The van der Waals surface area contributed by atoms with Crippen molar-refractivity contribution in [3.05, 3.63) is 28.6 Å². The van der Waals surface area contributed by atoms with Crippen LogP contribution in [0.2, 0.25) is 0 Å². The van der Waals surface area contributed by atoms with Crippen molar-refractivity contribution in [2.45, 2.75) is 51.4 Å². The Morgan fingerprint density at radius 2 is 2.00 bits per heavy atom. The first-order valence-electron chi connectivity index (χ1n) is 7.16. The Morgan fingerprint density at radius 3 is 2.47 bits per heavy atom. The van der Waals surface area contributed by atoms with Crippen LogP contribution in [0.3, 0.4) is 0 Å². The molecule has 0 amide bonds. The summed E-state index contributed by atoms with van der Waals surface area (Å²) in [5.41, 5.74) is 8.81. The number of nitrogens with two attached hydrogens (primary N) is 1. The average Bonchev–Trinajstić information content (AvgIpc) is 2.91. The number of halogens is 1. The summed E-state index contributed by atoms with van der Waals surface area (Å²) in [5, 5.41) is 0. The van der Waals surface area contributed by atoms with Gasteiger partial charge in [-0.15, -0.1) is 0 Å². The molecule has 0 spiro atoms. The Hall–Kier alpha value is -1.09. The van der Waals surface area contributed by atoms with Crippen molar-refractivity contribution >= 4 is 0 Å². The first-order valence-corrected chi connectivity index (χ1v) is 7.16. The predicted octanol–water partition coefficient (Wildman–Crippen LogP) is 3.48. The summed E-state index contributed by atoms with van der Waals surface area (Å²) in [5.74, 6) is 0.529. The number of methoxy groups -OCH3 is 1. The van der Waals surface area contributed by atoms with Crippen molar-refractivity contribution in [1.82, 2.24) is 0 Å². The lowest BCUT2D eigenvalue weighted by molar-refractivity contribution is 0.391. The van der Waals surface area contributed by atoms with Gasteiger partial charge in [0.15, 0.2) is 0 Å². The molecule has 0 saturated heterocycles. The lowest BCUT2D eigenvalue weighted by atomic mass is 9.75. The van der Waals surface area contributed by atoms with Gasteiger partial charge in [0.1, 0.15) is 11.6 Å². The Bertz CT molecular complexity index is 464. The molecular formula is C16H24FNO. The van der Waals surface area contributed by atoms with E-state index >= 15 is 0 Å². The smallest absolute Gasteiger partial charge is 0.130 e. The van der Waals surface area contributed by atoms with E-state index in [1.165, 1.54) is 12.8 Å². The van der Waals surface area contributed by atoms with Gasteiger partial charge in [0.2, 0.25) is 0 Å². The van der Waals surface area contributed by atoms with E-state index in [0.717, 1.165) is 30.4 Å². The van der Waals surface area contributed by atoms with E-state index in [4.69, 9.17) is 10.5 Å². The maximum atomic E-state index is 14.2. The minimum atomic E-state index is -0.177. The second-order valence-electron chi connectivity index (χ2n) is 5.59. The van der Waals surface area contributed by atoms with E-state index in [9.17, 15) is 4.39 Å². The highest BCUT2D eigenvalue weighted by atomic mass is 19.1. The van der Waals surface area contributed by atoms with Gasteiger partial charge >= 0.3 is 0 Å². The van der Waals surface area contributed by atoms with Crippen LogP contribution in [-0.4, -0.2) is 13.7 Å². The van der Waals surface area contributed by atoms with E-state index in [2.05, 4.69) is 6.92 Å². The second kappa shape index (κ2) is 5.49. The van der Waals surface area contributed by atoms with Gasteiger partial charge in [-0.1, -0.05) is 19.8 Å². The Balaban J connectivity index is 2.65. The SMILES string of the molecule is CCc1c(C2(CN)CCCC2)cc(F)c(C)c1OC. The van der Waals surface area contributed by atoms with Crippen LogP contribution in [0.4, 0.5) is 4.39 Å². The fraction of sp³-hybridized carbons (Fsp3) is 0.625. The molecule has 0 heterocycles. The lowest BCUT2D eigenvalue weighted by Gasteiger charge is -2.31. The molecular weight excluding hydrogens is 241 g/mol. The molecule has 1 aliphatic rings. The third-order valence-corrected chi connectivity index (χ3v) is 4.65. The fourth-order valence-corrected chi connectivity index (χ4v) is 3.51. The van der Waals surface area contributed by atoms with Crippen LogP contribution in [0, 0.1) is 12.7 Å². The molecule has 3 heteroatoms. The van der Waals surface area contributed by atoms with Crippen molar-refractivity contribution in [2.24, 2.45) is 5.73 Å². The molecule has 0 atom stereocenters. The van der Waals surface area contributed by atoms with Gasteiger partial charge in [-0.3, -0.25) is 0 Å². The number of hydrogen-bond acceptors (Lipinski definition) is 2. The minimum Gasteiger partial charge on any atom is -0.496 e. The number of hydrogen-bond donors (Lipinski definition) is 1. The maximum Gasteiger partial charge on any atom is 0.130 e. The topological polar surface area (TPSA) is 35.2 Å². The van der Waals surface area contributed by atoms with E-state index in [0.29, 0.717) is 17.9 Å². The molecule has 1 fully saturated rings. The molecule has 0 aliphatic heterocycles. The fourth-order valence-electron chi connectivity index (χ4n) is 3.51. The van der Waals surface area contributed by atoms with Crippen LogP contribution in [0.15, 0.2) is 6.07 Å². The quantitative estimate of drug-likeness (QED) is 0.904. The number of ether oxygens (including phenoxy) is 1. The summed E-state index contributed by atoms with van der Waals surface area (Å²) in [7, 11) is 1.62. The minimum absolute atomic E-state index is 0.0484. The number of rotatable bonds is 4. The largest absolute Gasteiger partial charge is 0.496 e. The molecule has 0 radical (unpaired) electrons. The third kappa shape index (κ3) is 2.25. The van der Waals surface area contributed by atoms with Gasteiger partial charge in [0.25, 0.3) is 0 Å². The molecule has 1 aliphatic carbocycles. The average molecular weight is 265 g/mol. The zero-order valence-electron chi connectivity index (χ0n) is 12.2. The van der Waals surface area contributed by atoms with Crippen LogP contribution in [0.5, 0.6) is 5.75 Å². The molecule has 2 rings (SSSR count). The van der Waals surface area contributed by atoms with Crippen molar-refractivity contribution < 1.29 is 9.13 Å². The highest BCUT2D eigenvalue weighted by Gasteiger charge is 2.37. The van der Waals surface area contributed by atoms with E-state index in [1.54, 1.807) is 20.1 Å². The van der Waals surface area contributed by atoms with Crippen LogP contribution in [0.25, 0.3) is 0 Å². The first kappa shape index (κ1) is 14.3. The van der Waals surface area contributed by atoms with Crippen molar-refractivity contribution in [2.75, 3.05) is 13.7 Å². The second-order valence-corrected chi connectivity index (χ2v) is 5.59. The maximum absolute atomic E-state index is 14.2. The van der Waals surface area contributed by atoms with Crippen LogP contribution < -0.4 is 10.5 Å². The molecule has 2 N–H and O–H groups in total. The van der Waals surface area contributed by atoms with E-state index in [-0.39, 0.29) is 11.2 Å². The molecule has 1 aromatic rings. The summed E-state index contributed by atoms with van der Waals surface area (Å²) in [6, 6.07) is 1.70. The summed E-state index contributed by atoms with van der Waals surface area (Å²) in [6.45, 7) is 4.46. The molecule has 1 aromatic carbocycles. The molecule has 0 aromatic heterocycles. The van der Waals surface area contributed by atoms with Gasteiger partial charge in [-0.2, -0.15) is 0 Å². The van der Waals surface area contributed by atoms with Gasteiger partial charge in [-0.25, -0.2) is 4.39 Å². The van der Waals surface area contributed by atoms with Gasteiger partial charge in [0, 0.05) is 17.5 Å². The lowest BCUT2D eigenvalue weighted by Crippen LogP contribution is -2.33. The Morgan fingerprint density at radius 1 is 1.37 bits per heavy atom. The zero-order chi connectivity index (χ0) is 14.0. The van der Waals surface area contributed by atoms with Crippen molar-refractivity contribution in [3.63, 3.8) is 0 Å². The van der Waals surface area contributed by atoms with Gasteiger partial charge < -0.3 is 10.5 Å². The van der Waals surface area contributed by atoms with Gasteiger partial charge in [0.05, 0.1) is 7.11 Å². The van der Waals surface area contributed by atoms with Crippen LogP contribution in [0.1, 0.15) is 49.3 Å². The molecule has 19 heavy (non-hydrogen) atoms. The summed E-state index contributed by atoms with van der Waals surface area (Å²) >= 11 is 0. The van der Waals surface area contributed by atoms with Crippen molar-refractivity contribution in [3.8, 4) is 5.75 Å². The predicted molar refractivity (Wildman–Crippen MR) is 76.3 cm³/mol. The standard InChI is InChI=1S/C16H24FNO/c1-4-12-13(16(10-18)7-5-6-8-16)9-14(17)11(2)15(12)19-3/h9H,4-8,10,18H2,1-3H3.